The Bertz CT molecular complexity index is 1610. The first-order valence-corrected chi connectivity index (χ1v) is 13.5. The van der Waals surface area contributed by atoms with Crippen LogP contribution in [0.1, 0.15) is 30.5 Å². The van der Waals surface area contributed by atoms with Gasteiger partial charge in [-0.15, -0.1) is 22.7 Å². The molecule has 6 rings (SSSR count). The monoisotopic (exact) mass is 520 g/mol. The number of rotatable bonds is 6. The molecular weight excluding hydrogens is 500 g/mol. The van der Waals surface area contributed by atoms with E-state index in [2.05, 4.69) is 0 Å². The van der Waals surface area contributed by atoms with E-state index >= 15 is 0 Å². The fraction of sp³-hybridized carbons (Fsp3) is 0.0323. The minimum atomic E-state index is -0.395. The van der Waals surface area contributed by atoms with E-state index in [1.165, 1.54) is 22.7 Å². The molecule has 2 aromatic heterocycles. The maximum Gasteiger partial charge on any atom is 0.353 e. The number of esters is 2. The van der Waals surface area contributed by atoms with E-state index in [1.54, 1.807) is 12.1 Å². The zero-order chi connectivity index (χ0) is 25.2. The lowest BCUT2D eigenvalue weighted by atomic mass is 9.93. The molecule has 0 aliphatic carbocycles. The molecule has 0 spiro atoms. The van der Waals surface area contributed by atoms with Gasteiger partial charge >= 0.3 is 11.9 Å². The van der Waals surface area contributed by atoms with Crippen molar-refractivity contribution in [2.75, 3.05) is 0 Å². The van der Waals surface area contributed by atoms with Crippen LogP contribution in [0, 0.1) is 0 Å². The fourth-order valence-electron chi connectivity index (χ4n) is 4.45. The average molecular weight is 521 g/mol. The van der Waals surface area contributed by atoms with Crippen molar-refractivity contribution in [3.8, 4) is 11.5 Å². The van der Waals surface area contributed by atoms with Crippen LogP contribution < -0.4 is 9.47 Å². The van der Waals surface area contributed by atoms with Crippen LogP contribution in [0.5, 0.6) is 11.5 Å². The van der Waals surface area contributed by atoms with Gasteiger partial charge in [0.05, 0.1) is 0 Å². The summed E-state index contributed by atoms with van der Waals surface area (Å²) in [6.07, 6.45) is 0.406. The van der Waals surface area contributed by atoms with E-state index in [0.717, 1.165) is 32.7 Å². The summed E-state index contributed by atoms with van der Waals surface area (Å²) in [5.41, 5.74) is 1.71. The first-order valence-electron chi connectivity index (χ1n) is 11.7. The Balaban J connectivity index is 1.48. The Labute approximate surface area is 221 Å². The van der Waals surface area contributed by atoms with E-state index in [4.69, 9.17) is 9.47 Å². The highest BCUT2D eigenvalue weighted by Crippen LogP contribution is 2.37. The summed E-state index contributed by atoms with van der Waals surface area (Å²) in [6, 6.07) is 30.8. The summed E-state index contributed by atoms with van der Waals surface area (Å²) in [4.78, 5) is 26.9. The van der Waals surface area contributed by atoms with Gasteiger partial charge in [-0.25, -0.2) is 9.59 Å². The lowest BCUT2D eigenvalue weighted by Crippen LogP contribution is -2.10. The third-order valence-corrected chi connectivity index (χ3v) is 7.90. The van der Waals surface area contributed by atoms with Gasteiger partial charge in [0.1, 0.15) is 21.3 Å². The van der Waals surface area contributed by atoms with E-state index in [-0.39, 0.29) is 0 Å². The first-order chi connectivity index (χ1) is 18.2. The first kappa shape index (κ1) is 23.2. The molecular formula is C31H20O4S2. The van der Waals surface area contributed by atoms with Gasteiger partial charge < -0.3 is 9.47 Å². The number of thiophene rings is 2. The standard InChI is InChI=1S/C31H20O4S2/c32-30(28-11-5-17-36-28)34-26-15-13-20-7-1-3-9-22(20)24(26)19-25-23-10-4-2-8-21(23)14-16-27(25)35-31(33)29-12-6-18-37-29/h1-18H,19H2. The molecule has 0 fully saturated rings. The van der Waals surface area contributed by atoms with Crippen molar-refractivity contribution in [1.82, 2.24) is 0 Å². The quantitative estimate of drug-likeness (QED) is 0.164. The molecule has 0 saturated heterocycles. The van der Waals surface area contributed by atoms with Gasteiger partial charge in [0, 0.05) is 17.5 Å². The van der Waals surface area contributed by atoms with Crippen LogP contribution in [0.3, 0.4) is 0 Å². The molecule has 0 radical (unpaired) electrons. The van der Waals surface area contributed by atoms with E-state index in [9.17, 15) is 9.59 Å². The zero-order valence-electron chi connectivity index (χ0n) is 19.5. The average Bonchev–Trinajstić information content (AvgIpc) is 3.66. The molecule has 4 nitrogen and oxygen atoms in total. The summed E-state index contributed by atoms with van der Waals surface area (Å²) in [7, 11) is 0. The SMILES string of the molecule is O=C(Oc1ccc2ccccc2c1Cc1c(OC(=O)c2cccs2)ccc2ccccc12)c1cccs1. The minimum Gasteiger partial charge on any atom is -0.422 e. The van der Waals surface area contributed by atoms with Crippen molar-refractivity contribution in [2.45, 2.75) is 6.42 Å². The zero-order valence-corrected chi connectivity index (χ0v) is 21.2. The van der Waals surface area contributed by atoms with Crippen LogP contribution in [-0.2, 0) is 6.42 Å². The van der Waals surface area contributed by atoms with Crippen molar-refractivity contribution in [1.29, 1.82) is 0 Å². The maximum absolute atomic E-state index is 12.9. The number of hydrogen-bond acceptors (Lipinski definition) is 6. The van der Waals surface area contributed by atoms with Gasteiger partial charge in [-0.05, 0) is 56.6 Å². The van der Waals surface area contributed by atoms with Gasteiger partial charge in [0.2, 0.25) is 0 Å². The highest BCUT2D eigenvalue weighted by molar-refractivity contribution is 7.12. The Kier molecular flexibility index (Phi) is 6.26. The van der Waals surface area contributed by atoms with Crippen LogP contribution >= 0.6 is 22.7 Å². The fourth-order valence-corrected chi connectivity index (χ4v) is 5.65. The largest absolute Gasteiger partial charge is 0.422 e. The lowest BCUT2D eigenvalue weighted by Gasteiger charge is -2.17. The van der Waals surface area contributed by atoms with Crippen molar-refractivity contribution in [3.05, 3.63) is 129 Å². The van der Waals surface area contributed by atoms with E-state index in [1.807, 2.05) is 95.7 Å². The number of carbonyl (C=O) groups is 2. The van der Waals surface area contributed by atoms with Gasteiger partial charge in [-0.1, -0.05) is 72.8 Å². The van der Waals surface area contributed by atoms with E-state index < -0.39 is 11.9 Å². The topological polar surface area (TPSA) is 52.6 Å². The Morgan fingerprint density at radius 3 is 1.43 bits per heavy atom. The Morgan fingerprint density at radius 2 is 1.00 bits per heavy atom. The second-order valence-corrected chi connectivity index (χ2v) is 10.3. The highest BCUT2D eigenvalue weighted by Gasteiger charge is 2.20. The Morgan fingerprint density at radius 1 is 0.541 bits per heavy atom. The third-order valence-electron chi connectivity index (χ3n) is 6.20. The molecule has 6 aromatic rings. The smallest absolute Gasteiger partial charge is 0.353 e. The lowest BCUT2D eigenvalue weighted by molar-refractivity contribution is 0.0731. The van der Waals surface area contributed by atoms with Gasteiger partial charge in [-0.3, -0.25) is 0 Å². The predicted molar refractivity (Wildman–Crippen MR) is 149 cm³/mol. The predicted octanol–water partition coefficient (Wildman–Crippen LogP) is 8.15. The summed E-state index contributed by atoms with van der Waals surface area (Å²) >= 11 is 2.68. The van der Waals surface area contributed by atoms with Crippen molar-refractivity contribution in [3.63, 3.8) is 0 Å². The van der Waals surface area contributed by atoms with Crippen molar-refractivity contribution in [2.24, 2.45) is 0 Å². The number of hydrogen-bond donors (Lipinski definition) is 0. The molecule has 0 bridgehead atoms. The van der Waals surface area contributed by atoms with Crippen LogP contribution in [0.4, 0.5) is 0 Å². The summed E-state index contributed by atoms with van der Waals surface area (Å²) in [5, 5.41) is 7.71. The molecule has 0 amide bonds. The molecule has 6 heteroatoms. The molecule has 4 aromatic carbocycles. The number of ether oxygens (including phenoxy) is 2. The van der Waals surface area contributed by atoms with Crippen LogP contribution in [0.2, 0.25) is 0 Å². The number of fused-ring (bicyclic) bond motifs is 2. The molecule has 0 aliphatic heterocycles. The molecule has 0 aliphatic rings. The molecule has 0 saturated carbocycles. The molecule has 2 heterocycles. The molecule has 0 atom stereocenters. The summed E-state index contributed by atoms with van der Waals surface area (Å²) < 4.78 is 11.9. The van der Waals surface area contributed by atoms with Crippen molar-refractivity contribution < 1.29 is 19.1 Å². The second-order valence-electron chi connectivity index (χ2n) is 8.44. The minimum absolute atomic E-state index is 0.395. The van der Waals surface area contributed by atoms with Gasteiger partial charge in [0.25, 0.3) is 0 Å². The van der Waals surface area contributed by atoms with E-state index in [0.29, 0.717) is 27.7 Å². The Hall–Kier alpha value is -4.26. The number of benzene rings is 4. The molecule has 0 unspecified atom stereocenters. The van der Waals surface area contributed by atoms with Crippen molar-refractivity contribution >= 4 is 56.2 Å². The number of carbonyl (C=O) groups excluding carboxylic acids is 2. The maximum atomic E-state index is 12.9. The summed E-state index contributed by atoms with van der Waals surface area (Å²) in [5.74, 6) is 0.184. The molecule has 0 N–H and O–H groups in total. The normalized spacial score (nSPS) is 11.0. The van der Waals surface area contributed by atoms with Gasteiger partial charge in [0.15, 0.2) is 0 Å². The van der Waals surface area contributed by atoms with Crippen LogP contribution in [0.25, 0.3) is 21.5 Å². The molecule has 180 valence electrons. The van der Waals surface area contributed by atoms with Gasteiger partial charge in [-0.2, -0.15) is 0 Å². The van der Waals surface area contributed by atoms with Crippen LogP contribution in [-0.4, -0.2) is 11.9 Å². The summed E-state index contributed by atoms with van der Waals surface area (Å²) in [6.45, 7) is 0. The third kappa shape index (κ3) is 4.65. The van der Waals surface area contributed by atoms with Crippen LogP contribution in [0.15, 0.2) is 108 Å². The second kappa shape index (κ2) is 10.0. The highest BCUT2D eigenvalue weighted by atomic mass is 32.1. The molecule has 37 heavy (non-hydrogen) atoms.